The fourth-order valence-corrected chi connectivity index (χ4v) is 3.98. The first-order valence-corrected chi connectivity index (χ1v) is 11.1. The van der Waals surface area contributed by atoms with E-state index in [4.69, 9.17) is 0 Å². The lowest BCUT2D eigenvalue weighted by atomic mass is 9.98. The molecule has 3 rings (SSSR count). The standard InChI is InChI=1S/C22H26NS/c1-6-8-9-17(7-2)18-10-11-19-15-23-16-20(24(3,4)5)12-13-22(23)21(19)14-18/h6-14,16H,2,15H2,1,3-5H3/q+1/b8-6-,17-9+. The van der Waals surface area contributed by atoms with Crippen LogP contribution in [-0.2, 0) is 6.54 Å². The largest absolute Gasteiger partial charge is 0.218 e. The first-order chi connectivity index (χ1) is 11.4. The van der Waals surface area contributed by atoms with Crippen LogP contribution in [0.1, 0.15) is 18.1 Å². The van der Waals surface area contributed by atoms with Gasteiger partial charge >= 0.3 is 0 Å². The lowest BCUT2D eigenvalue weighted by Crippen LogP contribution is -2.32. The smallest absolute Gasteiger partial charge is 0.213 e. The normalized spacial score (nSPS) is 14.6. The Morgan fingerprint density at radius 3 is 2.62 bits per heavy atom. The van der Waals surface area contributed by atoms with Crippen LogP contribution in [0, 0.1) is 0 Å². The molecule has 1 nitrogen and oxygen atoms in total. The van der Waals surface area contributed by atoms with Gasteiger partial charge in [0.2, 0.25) is 5.69 Å². The predicted octanol–water partition coefficient (Wildman–Crippen LogP) is 5.20. The van der Waals surface area contributed by atoms with Gasteiger partial charge in [0.05, 0.1) is 10.5 Å². The molecule has 124 valence electrons. The van der Waals surface area contributed by atoms with Crippen LogP contribution in [-0.4, -0.2) is 18.8 Å². The molecular formula is C22H26NS+. The molecule has 0 fully saturated rings. The third-order valence-electron chi connectivity index (χ3n) is 4.45. The van der Waals surface area contributed by atoms with Gasteiger partial charge in [0, 0.05) is 11.6 Å². The van der Waals surface area contributed by atoms with Crippen LogP contribution in [0.4, 0.5) is 0 Å². The highest BCUT2D eigenvalue weighted by atomic mass is 32.3. The second-order valence-corrected chi connectivity index (χ2v) is 11.1. The molecule has 1 aliphatic rings. The van der Waals surface area contributed by atoms with Crippen molar-refractivity contribution in [3.63, 3.8) is 0 Å². The molecule has 2 heteroatoms. The highest BCUT2D eigenvalue weighted by Gasteiger charge is 2.27. The third-order valence-corrected chi connectivity index (χ3v) is 6.11. The lowest BCUT2D eigenvalue weighted by Gasteiger charge is -2.23. The van der Waals surface area contributed by atoms with Gasteiger partial charge in [-0.05, 0) is 49.0 Å². The Morgan fingerprint density at radius 1 is 1.17 bits per heavy atom. The molecule has 0 saturated heterocycles. The lowest BCUT2D eigenvalue weighted by molar-refractivity contribution is -0.674. The van der Waals surface area contributed by atoms with Crippen molar-refractivity contribution < 1.29 is 4.57 Å². The van der Waals surface area contributed by atoms with Gasteiger partial charge in [0.15, 0.2) is 12.7 Å². The van der Waals surface area contributed by atoms with Crippen LogP contribution in [0.15, 0.2) is 72.3 Å². The van der Waals surface area contributed by atoms with Gasteiger partial charge in [0.1, 0.15) is 0 Å². The maximum absolute atomic E-state index is 3.96. The van der Waals surface area contributed by atoms with Crippen molar-refractivity contribution in [2.75, 3.05) is 18.8 Å². The predicted molar refractivity (Wildman–Crippen MR) is 108 cm³/mol. The quantitative estimate of drug-likeness (QED) is 0.455. The summed E-state index contributed by atoms with van der Waals surface area (Å²) in [5.74, 6) is 0. The summed E-state index contributed by atoms with van der Waals surface area (Å²) in [5.41, 5.74) is 6.44. The van der Waals surface area contributed by atoms with E-state index in [1.807, 2.05) is 19.1 Å². The van der Waals surface area contributed by atoms with Crippen LogP contribution < -0.4 is 4.57 Å². The summed E-state index contributed by atoms with van der Waals surface area (Å²) in [6.45, 7) is 6.96. The topological polar surface area (TPSA) is 3.88 Å². The molecule has 2 aromatic rings. The molecule has 0 unspecified atom stereocenters. The minimum absolute atomic E-state index is 0.698. The van der Waals surface area contributed by atoms with E-state index in [9.17, 15) is 0 Å². The number of pyridine rings is 1. The zero-order chi connectivity index (χ0) is 17.3. The first kappa shape index (κ1) is 16.8. The number of nitrogens with zero attached hydrogens (tertiary/aromatic N) is 1. The van der Waals surface area contributed by atoms with Crippen LogP contribution in [0.25, 0.3) is 16.8 Å². The van der Waals surface area contributed by atoms with E-state index in [-0.39, 0.29) is 0 Å². The third kappa shape index (κ3) is 3.11. The van der Waals surface area contributed by atoms with Crippen molar-refractivity contribution in [2.24, 2.45) is 0 Å². The van der Waals surface area contributed by atoms with Gasteiger partial charge in [-0.2, -0.15) is 4.57 Å². The number of rotatable bonds is 4. The Morgan fingerprint density at radius 2 is 1.96 bits per heavy atom. The van der Waals surface area contributed by atoms with E-state index in [1.54, 1.807) is 0 Å². The minimum atomic E-state index is -0.698. The van der Waals surface area contributed by atoms with Crippen molar-refractivity contribution >= 4 is 15.6 Å². The average molecular weight is 337 g/mol. The zero-order valence-corrected chi connectivity index (χ0v) is 15.9. The molecule has 0 aliphatic carbocycles. The number of hydrogen-bond donors (Lipinski definition) is 0. The van der Waals surface area contributed by atoms with Gasteiger partial charge < -0.3 is 0 Å². The van der Waals surface area contributed by atoms with Crippen LogP contribution in [0.5, 0.6) is 0 Å². The molecule has 0 atom stereocenters. The highest BCUT2D eigenvalue weighted by Crippen LogP contribution is 2.45. The van der Waals surface area contributed by atoms with Gasteiger partial charge in [-0.3, -0.25) is 0 Å². The van der Waals surface area contributed by atoms with E-state index < -0.39 is 10.0 Å². The van der Waals surface area contributed by atoms with Crippen molar-refractivity contribution in [1.29, 1.82) is 0 Å². The summed E-state index contributed by atoms with van der Waals surface area (Å²) in [7, 11) is -0.698. The van der Waals surface area contributed by atoms with Crippen molar-refractivity contribution in [2.45, 2.75) is 18.4 Å². The van der Waals surface area contributed by atoms with E-state index >= 15 is 0 Å². The molecular weight excluding hydrogens is 310 g/mol. The first-order valence-electron chi connectivity index (χ1n) is 8.25. The van der Waals surface area contributed by atoms with Gasteiger partial charge in [-0.25, -0.2) is 10.0 Å². The van der Waals surface area contributed by atoms with Crippen molar-refractivity contribution in [1.82, 2.24) is 0 Å². The number of benzene rings is 1. The zero-order valence-electron chi connectivity index (χ0n) is 15.0. The van der Waals surface area contributed by atoms with Gasteiger partial charge in [-0.1, -0.05) is 43.0 Å². The summed E-state index contributed by atoms with van der Waals surface area (Å²) in [6, 6.07) is 11.3. The average Bonchev–Trinajstić information content (AvgIpc) is 2.92. The summed E-state index contributed by atoms with van der Waals surface area (Å²) in [5, 5.41) is 0. The second kappa shape index (κ2) is 6.45. The number of fused-ring (bicyclic) bond motifs is 3. The highest BCUT2D eigenvalue weighted by molar-refractivity contribution is 8.32. The molecule has 0 spiro atoms. The Hall–Kier alpha value is -2.06. The minimum Gasteiger partial charge on any atom is -0.218 e. The van der Waals surface area contributed by atoms with Crippen molar-refractivity contribution in [3.8, 4) is 11.3 Å². The fraction of sp³-hybridized carbons (Fsp3) is 0.227. The fourth-order valence-electron chi connectivity index (χ4n) is 3.06. The molecule has 2 heterocycles. The maximum Gasteiger partial charge on any atom is 0.213 e. The Kier molecular flexibility index (Phi) is 4.51. The van der Waals surface area contributed by atoms with Crippen molar-refractivity contribution in [3.05, 3.63) is 78.5 Å². The van der Waals surface area contributed by atoms with Crippen LogP contribution >= 0.6 is 10.0 Å². The summed E-state index contributed by atoms with van der Waals surface area (Å²) in [6.07, 6.45) is 17.5. The Balaban J connectivity index is 2.06. The molecule has 1 aromatic heterocycles. The second-order valence-electron chi connectivity index (χ2n) is 6.94. The van der Waals surface area contributed by atoms with Crippen LogP contribution in [0.2, 0.25) is 0 Å². The van der Waals surface area contributed by atoms with E-state index in [1.165, 1.54) is 27.3 Å². The van der Waals surface area contributed by atoms with Gasteiger partial charge in [0.25, 0.3) is 0 Å². The SMILES string of the molecule is C=C/C(=C\C=C/C)c1ccc2c(c1)-c1ccc(S(C)(C)C)c[n+]1C2. The molecule has 0 radical (unpaired) electrons. The Labute approximate surface area is 147 Å². The molecule has 0 bridgehead atoms. The molecule has 1 aromatic carbocycles. The van der Waals surface area contributed by atoms with Crippen LogP contribution in [0.3, 0.4) is 0 Å². The number of hydrogen-bond acceptors (Lipinski definition) is 0. The summed E-state index contributed by atoms with van der Waals surface area (Å²) >= 11 is 0. The van der Waals surface area contributed by atoms with E-state index in [0.29, 0.717) is 0 Å². The molecule has 0 amide bonds. The summed E-state index contributed by atoms with van der Waals surface area (Å²) in [4.78, 5) is 1.46. The maximum atomic E-state index is 3.96. The molecule has 24 heavy (non-hydrogen) atoms. The monoisotopic (exact) mass is 336 g/mol. The molecule has 1 aliphatic heterocycles. The van der Waals surface area contributed by atoms with Gasteiger partial charge in [-0.15, -0.1) is 0 Å². The Bertz CT molecular complexity index is 851. The van der Waals surface area contributed by atoms with E-state index in [2.05, 4.69) is 78.6 Å². The van der Waals surface area contributed by atoms with E-state index in [0.717, 1.165) is 12.1 Å². The molecule has 0 N–H and O–H groups in total. The molecule has 0 saturated carbocycles. The number of allylic oxidation sites excluding steroid dienone is 5. The summed E-state index contributed by atoms with van der Waals surface area (Å²) < 4.78 is 2.39. The number of aromatic nitrogens is 1.